The zero-order valence-corrected chi connectivity index (χ0v) is 15.0. The first-order chi connectivity index (χ1) is 12.1. The van der Waals surface area contributed by atoms with Gasteiger partial charge < -0.3 is 4.74 Å². The van der Waals surface area contributed by atoms with Gasteiger partial charge in [-0.05, 0) is 65.1 Å². The van der Waals surface area contributed by atoms with Gasteiger partial charge in [-0.3, -0.25) is 0 Å². The molecule has 0 bridgehead atoms. The van der Waals surface area contributed by atoms with E-state index in [-0.39, 0.29) is 5.97 Å². The van der Waals surface area contributed by atoms with Gasteiger partial charge >= 0.3 is 5.97 Å². The molecule has 0 heterocycles. The van der Waals surface area contributed by atoms with Gasteiger partial charge in [0.05, 0.1) is 6.61 Å². The Labute approximate surface area is 152 Å². The van der Waals surface area contributed by atoms with Crippen molar-refractivity contribution in [1.29, 1.82) is 0 Å². The second-order valence-electron chi connectivity index (χ2n) is 5.80. The van der Waals surface area contributed by atoms with E-state index in [1.165, 1.54) is 6.08 Å². The van der Waals surface area contributed by atoms with Gasteiger partial charge in [-0.15, -0.1) is 0 Å². The summed E-state index contributed by atoms with van der Waals surface area (Å²) in [5, 5.41) is 2.84. The lowest BCUT2D eigenvalue weighted by Crippen LogP contribution is -1.99. The van der Waals surface area contributed by atoms with Gasteiger partial charge in [-0.2, -0.15) is 0 Å². The molecule has 0 amide bonds. The van der Waals surface area contributed by atoms with Gasteiger partial charge in [-0.25, -0.2) is 4.79 Å². The molecule has 0 aromatic heterocycles. The number of benzene rings is 3. The fourth-order valence-corrected chi connectivity index (χ4v) is 3.14. The smallest absolute Gasteiger partial charge is 0.330 e. The summed E-state index contributed by atoms with van der Waals surface area (Å²) in [6, 6.07) is 18.1. The molecule has 0 saturated heterocycles. The maximum absolute atomic E-state index is 11.8. The first-order valence-electron chi connectivity index (χ1n) is 8.23. The summed E-state index contributed by atoms with van der Waals surface area (Å²) in [4.78, 5) is 11.8. The molecule has 0 aliphatic rings. The van der Waals surface area contributed by atoms with E-state index >= 15 is 0 Å². The summed E-state index contributed by atoms with van der Waals surface area (Å²) in [5.74, 6) is -0.343. The molecule has 3 rings (SSSR count). The summed E-state index contributed by atoms with van der Waals surface area (Å²) in [7, 11) is 0. The maximum atomic E-state index is 11.8. The number of carbonyl (C=O) groups is 1. The highest BCUT2D eigenvalue weighted by Crippen LogP contribution is 2.35. The quantitative estimate of drug-likeness (QED) is 0.423. The number of halogens is 1. The Morgan fingerprint density at radius 1 is 1.08 bits per heavy atom. The Morgan fingerprint density at radius 3 is 2.56 bits per heavy atom. The van der Waals surface area contributed by atoms with Crippen LogP contribution in [0.4, 0.5) is 0 Å². The van der Waals surface area contributed by atoms with Crippen molar-refractivity contribution in [2.45, 2.75) is 13.8 Å². The summed E-state index contributed by atoms with van der Waals surface area (Å²) < 4.78 is 5.02. The van der Waals surface area contributed by atoms with Crippen LogP contribution in [-0.4, -0.2) is 12.6 Å². The molecule has 0 unspecified atom stereocenters. The number of carbonyl (C=O) groups excluding carboxylic acids is 1. The van der Waals surface area contributed by atoms with Crippen LogP contribution in [0.25, 0.3) is 28.0 Å². The zero-order valence-electron chi connectivity index (χ0n) is 14.3. The molecule has 0 radical (unpaired) electrons. The van der Waals surface area contributed by atoms with Gasteiger partial charge in [0, 0.05) is 11.1 Å². The highest BCUT2D eigenvalue weighted by Gasteiger charge is 2.11. The molecule has 3 aromatic carbocycles. The number of hydrogen-bond donors (Lipinski definition) is 0. The Morgan fingerprint density at radius 2 is 1.84 bits per heavy atom. The third-order valence-corrected chi connectivity index (χ3v) is 4.34. The molecule has 0 fully saturated rings. The summed E-state index contributed by atoms with van der Waals surface area (Å²) in [6.45, 7) is 4.23. The van der Waals surface area contributed by atoms with Crippen LogP contribution < -0.4 is 0 Å². The largest absolute Gasteiger partial charge is 0.463 e. The lowest BCUT2D eigenvalue weighted by molar-refractivity contribution is -0.137. The van der Waals surface area contributed by atoms with E-state index < -0.39 is 0 Å². The normalized spacial score (nSPS) is 11.2. The molecule has 3 heteroatoms. The van der Waals surface area contributed by atoms with Crippen LogP contribution in [0.15, 0.2) is 60.7 Å². The number of fused-ring (bicyclic) bond motifs is 1. The molecular formula is C22H19ClO2. The first-order valence-corrected chi connectivity index (χ1v) is 8.61. The average molecular weight is 351 g/mol. The minimum Gasteiger partial charge on any atom is -0.463 e. The van der Waals surface area contributed by atoms with Gasteiger partial charge in [0.2, 0.25) is 0 Å². The van der Waals surface area contributed by atoms with Crippen LogP contribution >= 0.6 is 11.6 Å². The second-order valence-corrected chi connectivity index (χ2v) is 6.23. The number of ether oxygens (including phenoxy) is 1. The minimum absolute atomic E-state index is 0.343. The van der Waals surface area contributed by atoms with E-state index in [2.05, 4.69) is 25.1 Å². The molecule has 0 saturated carbocycles. The Bertz CT molecular complexity index is 943. The Balaban J connectivity index is 2.25. The van der Waals surface area contributed by atoms with Crippen LogP contribution in [0.5, 0.6) is 0 Å². The highest BCUT2D eigenvalue weighted by atomic mass is 35.5. The SMILES string of the molecule is CCOC(=O)/C=C/c1c(-c2ccccc2)cc(C)c2cc(Cl)ccc12. The van der Waals surface area contributed by atoms with E-state index in [4.69, 9.17) is 16.3 Å². The average Bonchev–Trinajstić information content (AvgIpc) is 2.62. The molecule has 0 spiro atoms. The van der Waals surface area contributed by atoms with Gasteiger partial charge in [0.1, 0.15) is 0 Å². The molecule has 126 valence electrons. The van der Waals surface area contributed by atoms with E-state index in [1.54, 1.807) is 6.92 Å². The van der Waals surface area contributed by atoms with Crippen LogP contribution in [0.3, 0.4) is 0 Å². The molecule has 0 N–H and O–H groups in total. The van der Waals surface area contributed by atoms with E-state index in [0.29, 0.717) is 11.6 Å². The summed E-state index contributed by atoms with van der Waals surface area (Å²) in [5.41, 5.74) is 4.31. The van der Waals surface area contributed by atoms with Crippen molar-refractivity contribution in [2.24, 2.45) is 0 Å². The summed E-state index contributed by atoms with van der Waals surface area (Å²) in [6.07, 6.45) is 3.31. The predicted octanol–water partition coefficient (Wildman–Crippen LogP) is 6.04. The first kappa shape index (κ1) is 17.2. The van der Waals surface area contributed by atoms with Crippen molar-refractivity contribution in [3.8, 4) is 11.1 Å². The molecule has 2 nitrogen and oxygen atoms in total. The number of rotatable bonds is 4. The molecule has 0 aliphatic heterocycles. The number of esters is 1. The van der Waals surface area contributed by atoms with Crippen molar-refractivity contribution in [2.75, 3.05) is 6.61 Å². The lowest BCUT2D eigenvalue weighted by Gasteiger charge is -2.14. The second kappa shape index (κ2) is 7.54. The molecular weight excluding hydrogens is 332 g/mol. The highest BCUT2D eigenvalue weighted by molar-refractivity contribution is 6.31. The fourth-order valence-electron chi connectivity index (χ4n) is 2.97. The Hall–Kier alpha value is -2.58. The predicted molar refractivity (Wildman–Crippen MR) is 105 cm³/mol. The maximum Gasteiger partial charge on any atom is 0.330 e. The minimum atomic E-state index is -0.343. The fraction of sp³-hybridized carbons (Fsp3) is 0.136. The van der Waals surface area contributed by atoms with Crippen molar-refractivity contribution < 1.29 is 9.53 Å². The van der Waals surface area contributed by atoms with Crippen LogP contribution in [0.1, 0.15) is 18.1 Å². The van der Waals surface area contributed by atoms with E-state index in [9.17, 15) is 4.79 Å². The van der Waals surface area contributed by atoms with Crippen molar-refractivity contribution in [3.05, 3.63) is 76.8 Å². The third kappa shape index (κ3) is 3.75. The van der Waals surface area contributed by atoms with Crippen LogP contribution in [0.2, 0.25) is 5.02 Å². The zero-order chi connectivity index (χ0) is 17.8. The molecule has 0 aliphatic carbocycles. The molecule has 25 heavy (non-hydrogen) atoms. The molecule has 3 aromatic rings. The van der Waals surface area contributed by atoms with Crippen molar-refractivity contribution >= 4 is 34.4 Å². The lowest BCUT2D eigenvalue weighted by atomic mass is 9.91. The van der Waals surface area contributed by atoms with Gasteiger partial charge in [0.15, 0.2) is 0 Å². The molecule has 0 atom stereocenters. The van der Waals surface area contributed by atoms with Crippen LogP contribution in [0, 0.1) is 6.92 Å². The van der Waals surface area contributed by atoms with Crippen LogP contribution in [-0.2, 0) is 9.53 Å². The topological polar surface area (TPSA) is 26.3 Å². The van der Waals surface area contributed by atoms with Gasteiger partial charge in [-0.1, -0.05) is 54.1 Å². The van der Waals surface area contributed by atoms with Gasteiger partial charge in [0.25, 0.3) is 0 Å². The van der Waals surface area contributed by atoms with E-state index in [1.807, 2.05) is 42.5 Å². The number of hydrogen-bond acceptors (Lipinski definition) is 2. The standard InChI is InChI=1S/C22H19ClO2/c1-3-25-22(24)12-11-19-18-10-9-17(23)14-20(18)15(2)13-21(19)16-7-5-4-6-8-16/h4-14H,3H2,1-2H3/b12-11+. The number of aryl methyl sites for hydroxylation is 1. The van der Waals surface area contributed by atoms with Crippen molar-refractivity contribution in [1.82, 2.24) is 0 Å². The Kier molecular flexibility index (Phi) is 5.20. The van der Waals surface area contributed by atoms with E-state index in [0.717, 1.165) is 33.0 Å². The monoisotopic (exact) mass is 350 g/mol. The van der Waals surface area contributed by atoms with Crippen molar-refractivity contribution in [3.63, 3.8) is 0 Å². The summed E-state index contributed by atoms with van der Waals surface area (Å²) >= 11 is 6.18. The third-order valence-electron chi connectivity index (χ3n) is 4.11.